The molecule has 2 aromatic rings. The molecule has 2 aliphatic heterocycles. The third kappa shape index (κ3) is 4.97. The van der Waals surface area contributed by atoms with Crippen LogP contribution < -0.4 is 18.9 Å². The Morgan fingerprint density at radius 1 is 1.08 bits per heavy atom. The molecular formula is C27H32N2O7. The summed E-state index contributed by atoms with van der Waals surface area (Å²) in [6.07, 6.45) is 0.838. The van der Waals surface area contributed by atoms with Gasteiger partial charge in [0.05, 0.1) is 25.3 Å². The molecule has 2 heterocycles. The number of ether oxygens (including phenoxy) is 4. The SMILES string of the molecule is CCCOc1ccc([C@H]2/C(=C(\O)c3ccc4c(c3)OCCO4)C(=O)C(=O)N2CCN(C)C)cc1OC. The first kappa shape index (κ1) is 25.4. The van der Waals surface area contributed by atoms with Crippen molar-refractivity contribution in [3.8, 4) is 23.0 Å². The minimum atomic E-state index is -0.799. The normalized spacial score (nSPS) is 18.6. The molecule has 0 spiro atoms. The quantitative estimate of drug-likeness (QED) is 0.321. The van der Waals surface area contributed by atoms with Gasteiger partial charge in [-0.2, -0.15) is 0 Å². The molecule has 0 aliphatic carbocycles. The van der Waals surface area contributed by atoms with E-state index < -0.39 is 17.7 Å². The van der Waals surface area contributed by atoms with Crippen molar-refractivity contribution in [3.05, 3.63) is 53.1 Å². The highest BCUT2D eigenvalue weighted by Crippen LogP contribution is 2.43. The fourth-order valence-electron chi connectivity index (χ4n) is 4.30. The van der Waals surface area contributed by atoms with Crippen LogP contribution in [0.5, 0.6) is 23.0 Å². The number of aliphatic hydroxyl groups excluding tert-OH is 1. The number of ketones is 1. The van der Waals surface area contributed by atoms with Crippen molar-refractivity contribution in [3.63, 3.8) is 0 Å². The minimum absolute atomic E-state index is 0.0136. The molecule has 9 heteroatoms. The van der Waals surface area contributed by atoms with E-state index in [0.29, 0.717) is 67.0 Å². The fraction of sp³-hybridized carbons (Fsp3) is 0.407. The molecule has 2 aromatic carbocycles. The number of aliphatic hydroxyl groups is 1. The third-order valence-corrected chi connectivity index (χ3v) is 6.11. The smallest absolute Gasteiger partial charge is 0.295 e. The Kier molecular flexibility index (Phi) is 7.69. The van der Waals surface area contributed by atoms with Gasteiger partial charge >= 0.3 is 0 Å². The van der Waals surface area contributed by atoms with E-state index in [4.69, 9.17) is 18.9 Å². The zero-order chi connectivity index (χ0) is 25.8. The predicted octanol–water partition coefficient (Wildman–Crippen LogP) is 3.24. The molecule has 1 N–H and O–H groups in total. The summed E-state index contributed by atoms with van der Waals surface area (Å²) in [4.78, 5) is 29.9. The van der Waals surface area contributed by atoms with Crippen LogP contribution in [0.2, 0.25) is 0 Å². The van der Waals surface area contributed by atoms with E-state index in [1.165, 1.54) is 12.0 Å². The molecule has 1 saturated heterocycles. The third-order valence-electron chi connectivity index (χ3n) is 6.11. The standard InChI is InChI=1S/C27H32N2O7/c1-5-12-34-19-8-6-17(15-21(19)33-4)24-23(26(31)27(32)29(24)11-10-28(2)3)25(30)18-7-9-20-22(16-18)36-14-13-35-20/h6-9,15-16,24,30H,5,10-14H2,1-4H3/b25-23+/t24-/m0/s1. The molecule has 0 saturated carbocycles. The number of carbonyl (C=O) groups is 2. The number of methoxy groups -OCH3 is 1. The van der Waals surface area contributed by atoms with Crippen LogP contribution in [0.4, 0.5) is 0 Å². The van der Waals surface area contributed by atoms with E-state index in [1.807, 2.05) is 25.9 Å². The Morgan fingerprint density at radius 3 is 2.53 bits per heavy atom. The van der Waals surface area contributed by atoms with Crippen molar-refractivity contribution in [2.75, 3.05) is 54.1 Å². The van der Waals surface area contributed by atoms with Crippen LogP contribution in [-0.4, -0.2) is 80.7 Å². The molecule has 192 valence electrons. The lowest BCUT2D eigenvalue weighted by Crippen LogP contribution is -2.35. The van der Waals surface area contributed by atoms with Crippen LogP contribution in [0, 0.1) is 0 Å². The van der Waals surface area contributed by atoms with E-state index in [-0.39, 0.29) is 11.3 Å². The van der Waals surface area contributed by atoms with Gasteiger partial charge in [0, 0.05) is 18.7 Å². The Bertz CT molecular complexity index is 1170. The van der Waals surface area contributed by atoms with E-state index in [0.717, 1.165) is 6.42 Å². The Labute approximate surface area is 210 Å². The molecule has 0 unspecified atom stereocenters. The largest absolute Gasteiger partial charge is 0.507 e. The lowest BCUT2D eigenvalue weighted by atomic mass is 9.94. The number of carbonyl (C=O) groups excluding carboxylic acids is 2. The molecule has 2 aliphatic rings. The summed E-state index contributed by atoms with van der Waals surface area (Å²) in [6, 6.07) is 9.47. The predicted molar refractivity (Wildman–Crippen MR) is 134 cm³/mol. The van der Waals surface area contributed by atoms with E-state index in [9.17, 15) is 14.7 Å². The van der Waals surface area contributed by atoms with Gasteiger partial charge in [-0.05, 0) is 56.4 Å². The minimum Gasteiger partial charge on any atom is -0.507 e. The maximum atomic E-state index is 13.3. The van der Waals surface area contributed by atoms with Crippen LogP contribution in [0.25, 0.3) is 5.76 Å². The first-order valence-electron chi connectivity index (χ1n) is 12.0. The summed E-state index contributed by atoms with van der Waals surface area (Å²) in [6.45, 7) is 4.21. The van der Waals surface area contributed by atoms with E-state index in [1.54, 1.807) is 36.4 Å². The van der Waals surface area contributed by atoms with Gasteiger partial charge in [-0.3, -0.25) is 9.59 Å². The van der Waals surface area contributed by atoms with Crippen LogP contribution in [0.3, 0.4) is 0 Å². The summed E-state index contributed by atoms with van der Waals surface area (Å²) < 4.78 is 22.5. The van der Waals surface area contributed by atoms with Crippen LogP contribution >= 0.6 is 0 Å². The Hall–Kier alpha value is -3.72. The van der Waals surface area contributed by atoms with Crippen molar-refractivity contribution in [2.24, 2.45) is 0 Å². The van der Waals surface area contributed by atoms with Crippen molar-refractivity contribution in [1.82, 2.24) is 9.80 Å². The zero-order valence-electron chi connectivity index (χ0n) is 21.1. The summed E-state index contributed by atoms with van der Waals surface area (Å²) >= 11 is 0. The second-order valence-electron chi connectivity index (χ2n) is 8.91. The molecule has 1 atom stereocenters. The van der Waals surface area contributed by atoms with Gasteiger partial charge in [0.1, 0.15) is 19.0 Å². The van der Waals surface area contributed by atoms with Crippen molar-refractivity contribution in [1.29, 1.82) is 0 Å². The molecule has 1 amide bonds. The monoisotopic (exact) mass is 496 g/mol. The second kappa shape index (κ2) is 10.9. The van der Waals surface area contributed by atoms with E-state index in [2.05, 4.69) is 0 Å². The van der Waals surface area contributed by atoms with Gasteiger partial charge in [0.15, 0.2) is 23.0 Å². The summed E-state index contributed by atoms with van der Waals surface area (Å²) in [7, 11) is 5.32. The highest BCUT2D eigenvalue weighted by atomic mass is 16.6. The number of likely N-dealkylation sites (tertiary alicyclic amines) is 1. The number of Topliss-reactive ketones (excluding diaryl/α,β-unsaturated/α-hetero) is 1. The number of rotatable bonds is 9. The number of hydrogen-bond donors (Lipinski definition) is 1. The Balaban J connectivity index is 1.82. The van der Waals surface area contributed by atoms with Gasteiger partial charge < -0.3 is 33.9 Å². The topological polar surface area (TPSA) is 97.8 Å². The molecular weight excluding hydrogens is 464 g/mol. The molecule has 0 radical (unpaired) electrons. The van der Waals surface area contributed by atoms with Crippen LogP contribution in [0.15, 0.2) is 42.0 Å². The number of amides is 1. The van der Waals surface area contributed by atoms with Crippen LogP contribution in [-0.2, 0) is 9.59 Å². The fourth-order valence-corrected chi connectivity index (χ4v) is 4.30. The first-order chi connectivity index (χ1) is 17.3. The van der Waals surface area contributed by atoms with Crippen molar-refractivity contribution < 1.29 is 33.6 Å². The average molecular weight is 497 g/mol. The summed E-state index contributed by atoms with van der Waals surface area (Å²) in [5.74, 6) is 0.422. The van der Waals surface area contributed by atoms with Crippen LogP contribution in [0.1, 0.15) is 30.5 Å². The van der Waals surface area contributed by atoms with Gasteiger partial charge in [0.25, 0.3) is 11.7 Å². The van der Waals surface area contributed by atoms with Gasteiger partial charge in [-0.15, -0.1) is 0 Å². The molecule has 9 nitrogen and oxygen atoms in total. The zero-order valence-corrected chi connectivity index (χ0v) is 21.1. The number of nitrogens with zero attached hydrogens (tertiary/aromatic N) is 2. The Morgan fingerprint density at radius 2 is 1.83 bits per heavy atom. The average Bonchev–Trinajstić information content (AvgIpc) is 3.14. The highest BCUT2D eigenvalue weighted by molar-refractivity contribution is 6.46. The maximum absolute atomic E-state index is 13.3. The molecule has 1 fully saturated rings. The lowest BCUT2D eigenvalue weighted by Gasteiger charge is -2.27. The second-order valence-corrected chi connectivity index (χ2v) is 8.91. The summed E-state index contributed by atoms with van der Waals surface area (Å²) in [5.41, 5.74) is 1.01. The number of benzene rings is 2. The molecule has 4 rings (SSSR count). The van der Waals surface area contributed by atoms with Gasteiger partial charge in [-0.1, -0.05) is 13.0 Å². The van der Waals surface area contributed by atoms with Gasteiger partial charge in [0.2, 0.25) is 0 Å². The number of hydrogen-bond acceptors (Lipinski definition) is 8. The molecule has 0 bridgehead atoms. The summed E-state index contributed by atoms with van der Waals surface area (Å²) in [5, 5.41) is 11.4. The van der Waals surface area contributed by atoms with Crippen molar-refractivity contribution >= 4 is 17.4 Å². The lowest BCUT2D eigenvalue weighted by molar-refractivity contribution is -0.140. The van der Waals surface area contributed by atoms with E-state index >= 15 is 0 Å². The maximum Gasteiger partial charge on any atom is 0.295 e. The molecule has 36 heavy (non-hydrogen) atoms. The number of likely N-dealkylation sites (N-methyl/N-ethyl adjacent to an activating group) is 1. The highest BCUT2D eigenvalue weighted by Gasteiger charge is 2.46. The first-order valence-corrected chi connectivity index (χ1v) is 12.0. The van der Waals surface area contributed by atoms with Crippen molar-refractivity contribution in [2.45, 2.75) is 19.4 Å². The number of fused-ring (bicyclic) bond motifs is 1. The molecule has 0 aromatic heterocycles. The van der Waals surface area contributed by atoms with Gasteiger partial charge in [-0.25, -0.2) is 0 Å².